The monoisotopic (exact) mass is 351 g/mol. The lowest BCUT2D eigenvalue weighted by Crippen LogP contribution is -2.37. The van der Waals surface area contributed by atoms with Gasteiger partial charge >= 0.3 is 0 Å². The summed E-state index contributed by atoms with van der Waals surface area (Å²) < 4.78 is 25.4. The largest absolute Gasteiger partial charge is 0.343 e. The minimum Gasteiger partial charge on any atom is -0.343 e. The zero-order chi connectivity index (χ0) is 18.2. The molecule has 0 saturated heterocycles. The average molecular weight is 351 g/mol. The van der Waals surface area contributed by atoms with E-state index in [1.54, 1.807) is 29.2 Å². The Labute approximate surface area is 144 Å². The van der Waals surface area contributed by atoms with Gasteiger partial charge in [0, 0.05) is 26.1 Å². The topological polar surface area (TPSA) is 81.5 Å². The zero-order valence-corrected chi connectivity index (χ0v) is 15.3. The lowest BCUT2D eigenvalue weighted by molar-refractivity contribution is -0.131. The van der Waals surface area contributed by atoms with Gasteiger partial charge in [0.2, 0.25) is 15.9 Å². The predicted molar refractivity (Wildman–Crippen MR) is 95.1 cm³/mol. The van der Waals surface area contributed by atoms with Crippen LogP contribution in [0, 0.1) is 11.3 Å². The third kappa shape index (κ3) is 5.53. The van der Waals surface area contributed by atoms with Crippen LogP contribution in [-0.4, -0.2) is 45.1 Å². The number of carbonyl (C=O) groups excluding carboxylic acids is 1. The van der Waals surface area contributed by atoms with E-state index in [0.717, 1.165) is 23.4 Å². The van der Waals surface area contributed by atoms with Gasteiger partial charge in [-0.05, 0) is 25.0 Å². The number of para-hydroxylation sites is 1. The van der Waals surface area contributed by atoms with E-state index in [0.29, 0.717) is 18.8 Å². The molecule has 6 nitrogen and oxygen atoms in total. The maximum atomic E-state index is 12.4. The van der Waals surface area contributed by atoms with E-state index >= 15 is 0 Å². The second-order valence-corrected chi connectivity index (χ2v) is 7.50. The Morgan fingerprint density at radius 2 is 1.71 bits per heavy atom. The third-order valence-electron chi connectivity index (χ3n) is 3.56. The van der Waals surface area contributed by atoms with Gasteiger partial charge in [0.25, 0.3) is 0 Å². The first kappa shape index (κ1) is 20.0. The Morgan fingerprint density at radius 3 is 2.21 bits per heavy atom. The summed E-state index contributed by atoms with van der Waals surface area (Å²) in [4.78, 5) is 14.1. The number of benzene rings is 1. The minimum absolute atomic E-state index is 0.0281. The number of rotatable bonds is 9. The van der Waals surface area contributed by atoms with Crippen molar-refractivity contribution in [2.75, 3.05) is 30.2 Å². The van der Waals surface area contributed by atoms with Crippen molar-refractivity contribution >= 4 is 21.6 Å². The normalized spacial score (nSPS) is 10.9. The SMILES string of the molecule is CCCN(CCC)C(=O)CCN(c1ccccc1C#N)S(C)(=O)=O. The quantitative estimate of drug-likeness (QED) is 0.684. The summed E-state index contributed by atoms with van der Waals surface area (Å²) in [6.45, 7) is 5.37. The number of sulfonamides is 1. The van der Waals surface area contributed by atoms with Gasteiger partial charge in [-0.15, -0.1) is 0 Å². The molecule has 0 aromatic heterocycles. The van der Waals surface area contributed by atoms with Gasteiger partial charge in [0.1, 0.15) is 6.07 Å². The van der Waals surface area contributed by atoms with Crippen LogP contribution in [0.15, 0.2) is 24.3 Å². The van der Waals surface area contributed by atoms with Crippen LogP contribution in [0.3, 0.4) is 0 Å². The van der Waals surface area contributed by atoms with Crippen LogP contribution in [0.5, 0.6) is 0 Å². The standard InChI is InChI=1S/C17H25N3O3S/c1-4-11-19(12-5-2)17(21)10-13-20(24(3,22)23)16-9-7-6-8-15(16)14-18/h6-9H,4-5,10-13H2,1-3H3. The van der Waals surface area contributed by atoms with Crippen LogP contribution >= 0.6 is 0 Å². The summed E-state index contributed by atoms with van der Waals surface area (Å²) in [7, 11) is -3.59. The molecule has 0 spiro atoms. The van der Waals surface area contributed by atoms with Crippen molar-refractivity contribution in [3.8, 4) is 6.07 Å². The van der Waals surface area contributed by atoms with Crippen LogP contribution in [0.4, 0.5) is 5.69 Å². The van der Waals surface area contributed by atoms with Crippen LogP contribution in [-0.2, 0) is 14.8 Å². The highest BCUT2D eigenvalue weighted by molar-refractivity contribution is 7.92. The fourth-order valence-corrected chi connectivity index (χ4v) is 3.45. The maximum Gasteiger partial charge on any atom is 0.232 e. The predicted octanol–water partition coefficient (Wildman–Crippen LogP) is 2.36. The molecular weight excluding hydrogens is 326 g/mol. The van der Waals surface area contributed by atoms with Crippen LogP contribution in [0.2, 0.25) is 0 Å². The summed E-state index contributed by atoms with van der Waals surface area (Å²) in [6, 6.07) is 8.50. The number of carbonyl (C=O) groups is 1. The molecule has 0 N–H and O–H groups in total. The second-order valence-electron chi connectivity index (χ2n) is 5.59. The molecule has 0 aliphatic carbocycles. The molecule has 132 valence electrons. The fraction of sp³-hybridized carbons (Fsp3) is 0.529. The Bertz CT molecular complexity index is 689. The molecule has 1 aromatic rings. The second kappa shape index (κ2) is 9.28. The van der Waals surface area contributed by atoms with Crippen molar-refractivity contribution in [1.82, 2.24) is 4.90 Å². The van der Waals surface area contributed by atoms with Crippen molar-refractivity contribution in [3.05, 3.63) is 29.8 Å². The van der Waals surface area contributed by atoms with Gasteiger partial charge in [-0.3, -0.25) is 9.10 Å². The maximum absolute atomic E-state index is 12.4. The Balaban J connectivity index is 2.97. The highest BCUT2D eigenvalue weighted by Crippen LogP contribution is 2.22. The average Bonchev–Trinajstić information content (AvgIpc) is 2.53. The molecular formula is C17H25N3O3S. The van der Waals surface area contributed by atoms with Crippen molar-refractivity contribution in [3.63, 3.8) is 0 Å². The number of hydrogen-bond acceptors (Lipinski definition) is 4. The molecule has 0 heterocycles. The molecule has 0 aliphatic heterocycles. The molecule has 1 aromatic carbocycles. The van der Waals surface area contributed by atoms with Gasteiger partial charge in [0.05, 0.1) is 17.5 Å². The minimum atomic E-state index is -3.59. The van der Waals surface area contributed by atoms with Gasteiger partial charge in [-0.1, -0.05) is 26.0 Å². The Morgan fingerprint density at radius 1 is 1.12 bits per heavy atom. The molecule has 0 saturated carbocycles. The summed E-state index contributed by atoms with van der Waals surface area (Å²) in [5.41, 5.74) is 0.585. The first-order chi connectivity index (χ1) is 11.3. The highest BCUT2D eigenvalue weighted by atomic mass is 32.2. The lowest BCUT2D eigenvalue weighted by atomic mass is 10.2. The van der Waals surface area contributed by atoms with Crippen molar-refractivity contribution in [2.24, 2.45) is 0 Å². The number of nitrogens with zero attached hydrogens (tertiary/aromatic N) is 3. The van der Waals surface area contributed by atoms with Crippen LogP contribution in [0.1, 0.15) is 38.7 Å². The molecule has 0 radical (unpaired) electrons. The van der Waals surface area contributed by atoms with E-state index in [-0.39, 0.29) is 24.4 Å². The number of amides is 1. The van der Waals surface area contributed by atoms with E-state index < -0.39 is 10.0 Å². The molecule has 1 rings (SSSR count). The van der Waals surface area contributed by atoms with E-state index in [9.17, 15) is 18.5 Å². The summed E-state index contributed by atoms with van der Waals surface area (Å²) in [5.74, 6) is -0.0678. The summed E-state index contributed by atoms with van der Waals surface area (Å²) in [5, 5.41) is 9.19. The molecule has 1 amide bonds. The van der Waals surface area contributed by atoms with Crippen LogP contribution in [0.25, 0.3) is 0 Å². The number of nitriles is 1. The zero-order valence-electron chi connectivity index (χ0n) is 14.5. The number of anilines is 1. The number of hydrogen-bond donors (Lipinski definition) is 0. The fourth-order valence-electron chi connectivity index (χ4n) is 2.51. The van der Waals surface area contributed by atoms with Gasteiger partial charge in [-0.2, -0.15) is 5.26 Å². The third-order valence-corrected chi connectivity index (χ3v) is 4.74. The lowest BCUT2D eigenvalue weighted by Gasteiger charge is -2.26. The Kier molecular flexibility index (Phi) is 7.72. The molecule has 0 aliphatic rings. The first-order valence-corrected chi connectivity index (χ1v) is 9.94. The molecule has 0 bridgehead atoms. The smallest absolute Gasteiger partial charge is 0.232 e. The van der Waals surface area contributed by atoms with Crippen molar-refractivity contribution in [2.45, 2.75) is 33.1 Å². The van der Waals surface area contributed by atoms with E-state index in [1.165, 1.54) is 0 Å². The first-order valence-electron chi connectivity index (χ1n) is 8.09. The molecule has 0 fully saturated rings. The Hall–Kier alpha value is -2.07. The van der Waals surface area contributed by atoms with Gasteiger partial charge in [-0.25, -0.2) is 8.42 Å². The molecule has 0 unspecified atom stereocenters. The van der Waals surface area contributed by atoms with E-state index in [4.69, 9.17) is 0 Å². The van der Waals surface area contributed by atoms with Crippen LogP contribution < -0.4 is 4.31 Å². The van der Waals surface area contributed by atoms with Gasteiger partial charge < -0.3 is 4.90 Å². The van der Waals surface area contributed by atoms with E-state index in [2.05, 4.69) is 0 Å². The van der Waals surface area contributed by atoms with Crippen molar-refractivity contribution in [1.29, 1.82) is 5.26 Å². The molecule has 0 atom stereocenters. The summed E-state index contributed by atoms with van der Waals surface area (Å²) in [6.07, 6.45) is 2.89. The molecule has 7 heteroatoms. The molecule has 24 heavy (non-hydrogen) atoms. The summed E-state index contributed by atoms with van der Waals surface area (Å²) >= 11 is 0. The van der Waals surface area contributed by atoms with Crippen molar-refractivity contribution < 1.29 is 13.2 Å². The van der Waals surface area contributed by atoms with E-state index in [1.807, 2.05) is 19.9 Å². The highest BCUT2D eigenvalue weighted by Gasteiger charge is 2.22. The van der Waals surface area contributed by atoms with Gasteiger partial charge in [0.15, 0.2) is 0 Å².